The summed E-state index contributed by atoms with van der Waals surface area (Å²) >= 11 is 3.05. The monoisotopic (exact) mass is 487 g/mol. The third kappa shape index (κ3) is 5.40. The Kier molecular flexibility index (Phi) is 6.09. The molecule has 7 nitrogen and oxygen atoms in total. The van der Waals surface area contributed by atoms with Gasteiger partial charge in [-0.15, -0.1) is 0 Å². The molecule has 0 fully saturated rings. The summed E-state index contributed by atoms with van der Waals surface area (Å²) in [4.78, 5) is 11.3. The van der Waals surface area contributed by atoms with E-state index in [0.29, 0.717) is 39.5 Å². The van der Waals surface area contributed by atoms with Crippen LogP contribution in [-0.4, -0.2) is 27.3 Å². The summed E-state index contributed by atoms with van der Waals surface area (Å²) in [5.41, 5.74) is -3.35. The smallest absolute Gasteiger partial charge is 0.450 e. The first kappa shape index (κ1) is 23.4. The summed E-state index contributed by atoms with van der Waals surface area (Å²) in [5, 5.41) is 14.0. The molecule has 0 radical (unpaired) electrons. The zero-order chi connectivity index (χ0) is 24.5. The summed E-state index contributed by atoms with van der Waals surface area (Å²) in [6.07, 6.45) is 0. The van der Waals surface area contributed by atoms with Crippen LogP contribution >= 0.6 is 12.6 Å². The number of ether oxygens (including phenoxy) is 3. The Hall–Kier alpha value is -3.79. The van der Waals surface area contributed by atoms with Gasteiger partial charge in [0, 0.05) is 23.1 Å². The van der Waals surface area contributed by atoms with Crippen LogP contribution in [0.5, 0.6) is 23.0 Å². The molecule has 3 aromatic carbocycles. The highest BCUT2D eigenvalue weighted by Crippen LogP contribution is 2.34. The SMILES string of the molecule is CC(C)(Oc1cccc(Oc2ccc3c(-c4ccc(OC(F)(F)S)cc4)noc3c2)c1)C(=O)O. The molecule has 1 heterocycles. The number of fused-ring (bicyclic) bond motifs is 1. The molecule has 0 saturated carbocycles. The van der Waals surface area contributed by atoms with E-state index in [9.17, 15) is 18.7 Å². The Balaban J connectivity index is 1.53. The molecule has 0 aliphatic rings. The minimum atomic E-state index is -3.57. The van der Waals surface area contributed by atoms with Crippen molar-refractivity contribution in [2.75, 3.05) is 0 Å². The normalized spacial score (nSPS) is 11.9. The van der Waals surface area contributed by atoms with Gasteiger partial charge in [-0.25, -0.2) is 4.79 Å². The third-order valence-electron chi connectivity index (χ3n) is 4.74. The molecule has 0 unspecified atom stereocenters. The zero-order valence-corrected chi connectivity index (χ0v) is 18.9. The number of hydrogen-bond acceptors (Lipinski definition) is 7. The van der Waals surface area contributed by atoms with Gasteiger partial charge in [0.2, 0.25) is 0 Å². The molecule has 10 heteroatoms. The highest BCUT2D eigenvalue weighted by molar-refractivity contribution is 7.81. The number of halogens is 2. The van der Waals surface area contributed by atoms with Gasteiger partial charge >= 0.3 is 11.4 Å². The van der Waals surface area contributed by atoms with Gasteiger partial charge < -0.3 is 23.8 Å². The summed E-state index contributed by atoms with van der Waals surface area (Å²) in [6.45, 7) is 2.91. The fourth-order valence-electron chi connectivity index (χ4n) is 3.09. The highest BCUT2D eigenvalue weighted by Gasteiger charge is 2.29. The Bertz CT molecular complexity index is 1330. The molecule has 0 spiro atoms. The van der Waals surface area contributed by atoms with Crippen molar-refractivity contribution >= 4 is 29.6 Å². The van der Waals surface area contributed by atoms with Gasteiger partial charge in [0.25, 0.3) is 0 Å². The highest BCUT2D eigenvalue weighted by atomic mass is 32.1. The van der Waals surface area contributed by atoms with Crippen molar-refractivity contribution in [2.45, 2.75) is 24.9 Å². The number of rotatable bonds is 8. The van der Waals surface area contributed by atoms with Crippen molar-refractivity contribution < 1.29 is 37.4 Å². The first-order chi connectivity index (χ1) is 16.0. The molecule has 0 aliphatic heterocycles. The van der Waals surface area contributed by atoms with E-state index in [1.807, 2.05) is 0 Å². The van der Waals surface area contributed by atoms with Crippen molar-refractivity contribution in [2.24, 2.45) is 0 Å². The van der Waals surface area contributed by atoms with Gasteiger partial charge in [-0.3, -0.25) is 0 Å². The molecular weight excluding hydrogens is 468 g/mol. The number of alkyl halides is 2. The standard InChI is InChI=1S/C24H19F2NO6S/c1-23(2,22(28)29)31-18-5-3-4-16(12-18)30-17-10-11-19-20(13-17)33-27-21(19)14-6-8-15(9-7-14)32-24(25,26)34/h3-13,34H,1-2H3,(H,28,29). The maximum absolute atomic E-state index is 12.9. The molecule has 34 heavy (non-hydrogen) atoms. The minimum Gasteiger partial charge on any atom is -0.478 e. The second-order valence-corrected chi connectivity index (χ2v) is 8.32. The Morgan fingerprint density at radius 1 is 0.941 bits per heavy atom. The fraction of sp³-hybridized carbons (Fsp3) is 0.167. The summed E-state index contributed by atoms with van der Waals surface area (Å²) in [5.74, 6) is 0.118. The average molecular weight is 487 g/mol. The topological polar surface area (TPSA) is 91.0 Å². The average Bonchev–Trinajstić information content (AvgIpc) is 3.16. The number of carboxylic acid groups (broad SMARTS) is 1. The molecule has 4 aromatic rings. The maximum atomic E-state index is 12.9. The van der Waals surface area contributed by atoms with E-state index in [4.69, 9.17) is 14.0 Å². The van der Waals surface area contributed by atoms with Crippen LogP contribution in [0.15, 0.2) is 71.3 Å². The Morgan fingerprint density at radius 2 is 1.59 bits per heavy atom. The predicted molar refractivity (Wildman–Crippen MR) is 123 cm³/mol. The number of carbonyl (C=O) groups is 1. The molecule has 0 amide bonds. The van der Waals surface area contributed by atoms with Crippen LogP contribution in [-0.2, 0) is 4.79 Å². The number of aromatic nitrogens is 1. The number of carboxylic acids is 1. The van der Waals surface area contributed by atoms with Gasteiger partial charge in [-0.2, -0.15) is 8.78 Å². The van der Waals surface area contributed by atoms with E-state index in [1.165, 1.54) is 26.0 Å². The Labute approximate surface area is 198 Å². The quantitative estimate of drug-likeness (QED) is 0.220. The van der Waals surface area contributed by atoms with Crippen LogP contribution < -0.4 is 14.2 Å². The van der Waals surface area contributed by atoms with Gasteiger partial charge in [0.15, 0.2) is 11.2 Å². The van der Waals surface area contributed by atoms with Gasteiger partial charge in [0.05, 0.1) is 0 Å². The van der Waals surface area contributed by atoms with E-state index < -0.39 is 17.0 Å². The number of thiol groups is 1. The lowest BCUT2D eigenvalue weighted by molar-refractivity contribution is -0.152. The van der Waals surface area contributed by atoms with Crippen LogP contribution in [0.25, 0.3) is 22.2 Å². The molecule has 0 aliphatic carbocycles. The summed E-state index contributed by atoms with van der Waals surface area (Å²) in [7, 11) is 0. The second kappa shape index (κ2) is 8.86. The van der Waals surface area contributed by atoms with Crippen LogP contribution in [0, 0.1) is 0 Å². The van der Waals surface area contributed by atoms with Gasteiger partial charge in [-0.1, -0.05) is 23.9 Å². The molecule has 0 bridgehead atoms. The van der Waals surface area contributed by atoms with Crippen LogP contribution in [0.1, 0.15) is 13.8 Å². The minimum absolute atomic E-state index is 0.0369. The predicted octanol–water partition coefficient (Wildman–Crippen LogP) is 6.39. The molecule has 176 valence electrons. The van der Waals surface area contributed by atoms with Crippen LogP contribution in [0.4, 0.5) is 8.78 Å². The van der Waals surface area contributed by atoms with Crippen LogP contribution in [0.3, 0.4) is 0 Å². The van der Waals surface area contributed by atoms with E-state index in [-0.39, 0.29) is 5.75 Å². The second-order valence-electron chi connectivity index (χ2n) is 7.80. The summed E-state index contributed by atoms with van der Waals surface area (Å²) in [6, 6.07) is 17.7. The first-order valence-corrected chi connectivity index (χ1v) is 10.4. The first-order valence-electron chi connectivity index (χ1n) is 10.00. The molecular formula is C24H19F2NO6S. The van der Waals surface area contributed by atoms with Crippen molar-refractivity contribution in [3.05, 3.63) is 66.7 Å². The largest absolute Gasteiger partial charge is 0.478 e. The van der Waals surface area contributed by atoms with Crippen molar-refractivity contribution in [1.82, 2.24) is 5.16 Å². The van der Waals surface area contributed by atoms with E-state index >= 15 is 0 Å². The summed E-state index contributed by atoms with van der Waals surface area (Å²) < 4.78 is 47.0. The van der Waals surface area contributed by atoms with Crippen molar-refractivity contribution in [3.63, 3.8) is 0 Å². The zero-order valence-electron chi connectivity index (χ0n) is 18.0. The van der Waals surface area contributed by atoms with E-state index in [1.54, 1.807) is 54.6 Å². The molecule has 1 aromatic heterocycles. The number of nitrogens with zero attached hydrogens (tertiary/aromatic N) is 1. The Morgan fingerprint density at radius 3 is 2.26 bits per heavy atom. The lowest BCUT2D eigenvalue weighted by atomic mass is 10.1. The van der Waals surface area contributed by atoms with Crippen molar-refractivity contribution in [1.29, 1.82) is 0 Å². The van der Waals surface area contributed by atoms with Gasteiger partial charge in [-0.05, 0) is 62.4 Å². The lowest BCUT2D eigenvalue weighted by Crippen LogP contribution is -2.37. The number of hydrogen-bond donors (Lipinski definition) is 2. The van der Waals surface area contributed by atoms with Crippen LogP contribution in [0.2, 0.25) is 0 Å². The van der Waals surface area contributed by atoms with Gasteiger partial charge in [0.1, 0.15) is 28.7 Å². The number of benzene rings is 3. The number of aliphatic carboxylic acids is 1. The lowest BCUT2D eigenvalue weighted by Gasteiger charge is -2.21. The van der Waals surface area contributed by atoms with Crippen molar-refractivity contribution in [3.8, 4) is 34.3 Å². The van der Waals surface area contributed by atoms with E-state index in [2.05, 4.69) is 22.5 Å². The molecule has 0 saturated heterocycles. The maximum Gasteiger partial charge on any atom is 0.450 e. The molecule has 0 atom stereocenters. The molecule has 1 N–H and O–H groups in total. The third-order valence-corrected chi connectivity index (χ3v) is 4.83. The fourth-order valence-corrected chi connectivity index (χ4v) is 3.19. The molecule has 4 rings (SSSR count). The van der Waals surface area contributed by atoms with E-state index in [0.717, 1.165) is 0 Å².